The zero-order valence-corrected chi connectivity index (χ0v) is 13.2. The summed E-state index contributed by atoms with van der Waals surface area (Å²) in [7, 11) is 2.25. The molecule has 1 spiro atoms. The first kappa shape index (κ1) is 13.6. The van der Waals surface area contributed by atoms with Crippen molar-refractivity contribution >= 4 is 5.69 Å². The SMILES string of the molecule is CN1CCC(CN2CC3(C2)CN(c2ccccc2)C3)CC1. The third-order valence-corrected chi connectivity index (χ3v) is 5.65. The van der Waals surface area contributed by atoms with Crippen molar-refractivity contribution in [1.29, 1.82) is 0 Å². The monoisotopic (exact) mass is 285 g/mol. The number of rotatable bonds is 3. The fourth-order valence-corrected chi connectivity index (χ4v) is 4.43. The molecule has 0 unspecified atom stereocenters. The Hall–Kier alpha value is -1.06. The van der Waals surface area contributed by atoms with E-state index >= 15 is 0 Å². The standard InChI is InChI=1S/C18H27N3/c1-19-9-7-16(8-10-19)11-20-12-18(13-20)14-21(15-18)17-5-3-2-4-6-17/h2-6,16H,7-15H2,1H3. The topological polar surface area (TPSA) is 9.72 Å². The maximum atomic E-state index is 2.71. The average molecular weight is 285 g/mol. The quantitative estimate of drug-likeness (QED) is 0.842. The minimum atomic E-state index is 0.626. The van der Waals surface area contributed by atoms with E-state index in [0.717, 1.165) is 5.92 Å². The van der Waals surface area contributed by atoms with Gasteiger partial charge in [0.2, 0.25) is 0 Å². The van der Waals surface area contributed by atoms with E-state index in [0.29, 0.717) is 5.41 Å². The van der Waals surface area contributed by atoms with E-state index in [4.69, 9.17) is 0 Å². The van der Waals surface area contributed by atoms with Gasteiger partial charge in [-0.25, -0.2) is 0 Å². The lowest BCUT2D eigenvalue weighted by atomic mass is 9.72. The van der Waals surface area contributed by atoms with Crippen LogP contribution in [0.15, 0.2) is 30.3 Å². The largest absolute Gasteiger partial charge is 0.370 e. The summed E-state index contributed by atoms with van der Waals surface area (Å²) in [4.78, 5) is 7.71. The second-order valence-electron chi connectivity index (χ2n) is 7.61. The Labute approximate surface area is 128 Å². The minimum Gasteiger partial charge on any atom is -0.370 e. The second kappa shape index (κ2) is 5.29. The summed E-state index contributed by atoms with van der Waals surface area (Å²) in [5.41, 5.74) is 2.03. The molecule has 3 aliphatic rings. The molecule has 114 valence electrons. The van der Waals surface area contributed by atoms with Crippen LogP contribution in [0.1, 0.15) is 12.8 Å². The maximum absolute atomic E-state index is 2.71. The first-order chi connectivity index (χ1) is 10.2. The van der Waals surface area contributed by atoms with Gasteiger partial charge in [-0.05, 0) is 51.0 Å². The first-order valence-corrected chi connectivity index (χ1v) is 8.43. The maximum Gasteiger partial charge on any atom is 0.0366 e. The highest BCUT2D eigenvalue weighted by Crippen LogP contribution is 2.42. The fourth-order valence-electron chi connectivity index (χ4n) is 4.43. The molecule has 0 bridgehead atoms. The molecule has 0 radical (unpaired) electrons. The van der Waals surface area contributed by atoms with E-state index in [1.54, 1.807) is 0 Å². The molecule has 3 saturated heterocycles. The van der Waals surface area contributed by atoms with Crippen molar-refractivity contribution < 1.29 is 0 Å². The summed E-state index contributed by atoms with van der Waals surface area (Å²) in [5.74, 6) is 0.948. The number of hydrogen-bond acceptors (Lipinski definition) is 3. The van der Waals surface area contributed by atoms with Crippen LogP contribution in [-0.2, 0) is 0 Å². The van der Waals surface area contributed by atoms with Crippen LogP contribution >= 0.6 is 0 Å². The van der Waals surface area contributed by atoms with Gasteiger partial charge in [0.15, 0.2) is 0 Å². The predicted molar refractivity (Wildman–Crippen MR) is 87.7 cm³/mol. The summed E-state index contributed by atoms with van der Waals surface area (Å²) in [6.45, 7) is 9.14. The molecule has 1 aromatic carbocycles. The summed E-state index contributed by atoms with van der Waals surface area (Å²) in [6.07, 6.45) is 2.80. The van der Waals surface area contributed by atoms with Crippen LogP contribution in [0.25, 0.3) is 0 Å². The van der Waals surface area contributed by atoms with Crippen LogP contribution in [0.5, 0.6) is 0 Å². The van der Waals surface area contributed by atoms with Gasteiger partial charge in [-0.2, -0.15) is 0 Å². The Bertz CT molecular complexity index is 464. The van der Waals surface area contributed by atoms with Crippen molar-refractivity contribution in [2.75, 3.05) is 57.8 Å². The number of hydrogen-bond donors (Lipinski definition) is 0. The number of anilines is 1. The van der Waals surface area contributed by atoms with Crippen molar-refractivity contribution in [2.24, 2.45) is 11.3 Å². The van der Waals surface area contributed by atoms with Crippen LogP contribution in [0.4, 0.5) is 5.69 Å². The fraction of sp³-hybridized carbons (Fsp3) is 0.667. The van der Waals surface area contributed by atoms with E-state index in [2.05, 4.69) is 52.1 Å². The zero-order chi connectivity index (χ0) is 14.3. The number of benzene rings is 1. The Balaban J connectivity index is 1.22. The minimum absolute atomic E-state index is 0.626. The average Bonchev–Trinajstić information content (AvgIpc) is 2.43. The van der Waals surface area contributed by atoms with Crippen molar-refractivity contribution in [3.8, 4) is 0 Å². The van der Waals surface area contributed by atoms with Crippen LogP contribution in [-0.4, -0.2) is 62.7 Å². The smallest absolute Gasteiger partial charge is 0.0366 e. The highest BCUT2D eigenvalue weighted by Gasteiger charge is 2.51. The van der Waals surface area contributed by atoms with Gasteiger partial charge >= 0.3 is 0 Å². The van der Waals surface area contributed by atoms with Crippen molar-refractivity contribution in [2.45, 2.75) is 12.8 Å². The van der Waals surface area contributed by atoms with Crippen LogP contribution in [0, 0.1) is 11.3 Å². The molecule has 3 aliphatic heterocycles. The molecule has 0 N–H and O–H groups in total. The van der Waals surface area contributed by atoms with E-state index in [-0.39, 0.29) is 0 Å². The number of piperidine rings is 1. The molecule has 0 atom stereocenters. The molecular weight excluding hydrogens is 258 g/mol. The van der Waals surface area contributed by atoms with Gasteiger partial charge in [0.25, 0.3) is 0 Å². The molecule has 21 heavy (non-hydrogen) atoms. The lowest BCUT2D eigenvalue weighted by molar-refractivity contribution is -0.0350. The third kappa shape index (κ3) is 2.69. The number of likely N-dealkylation sites (tertiary alicyclic amines) is 2. The number of para-hydroxylation sites is 1. The van der Waals surface area contributed by atoms with Crippen molar-refractivity contribution in [3.63, 3.8) is 0 Å². The van der Waals surface area contributed by atoms with Gasteiger partial charge in [0, 0.05) is 43.8 Å². The van der Waals surface area contributed by atoms with E-state index in [1.165, 1.54) is 64.3 Å². The molecule has 3 heterocycles. The molecule has 3 fully saturated rings. The Morgan fingerprint density at radius 3 is 2.33 bits per heavy atom. The lowest BCUT2D eigenvalue weighted by Crippen LogP contribution is -2.72. The van der Waals surface area contributed by atoms with Gasteiger partial charge in [0.05, 0.1) is 0 Å². The molecule has 4 rings (SSSR count). The summed E-state index contributed by atoms with van der Waals surface area (Å²) < 4.78 is 0. The predicted octanol–water partition coefficient (Wildman–Crippen LogP) is 2.15. The van der Waals surface area contributed by atoms with Gasteiger partial charge < -0.3 is 14.7 Å². The lowest BCUT2D eigenvalue weighted by Gasteiger charge is -2.61. The highest BCUT2D eigenvalue weighted by molar-refractivity contribution is 5.50. The van der Waals surface area contributed by atoms with Gasteiger partial charge in [-0.3, -0.25) is 0 Å². The molecule has 0 aromatic heterocycles. The van der Waals surface area contributed by atoms with E-state index in [9.17, 15) is 0 Å². The Morgan fingerprint density at radius 2 is 1.67 bits per heavy atom. The van der Waals surface area contributed by atoms with Gasteiger partial charge in [-0.15, -0.1) is 0 Å². The Morgan fingerprint density at radius 1 is 1.00 bits per heavy atom. The van der Waals surface area contributed by atoms with Crippen molar-refractivity contribution in [1.82, 2.24) is 9.80 Å². The molecule has 1 aromatic rings. The molecule has 3 nitrogen and oxygen atoms in total. The van der Waals surface area contributed by atoms with Crippen LogP contribution in [0.2, 0.25) is 0 Å². The summed E-state index contributed by atoms with van der Waals surface area (Å²) in [5, 5.41) is 0. The molecule has 0 amide bonds. The van der Waals surface area contributed by atoms with E-state index < -0.39 is 0 Å². The summed E-state index contributed by atoms with van der Waals surface area (Å²) >= 11 is 0. The number of nitrogens with zero attached hydrogens (tertiary/aromatic N) is 3. The molecular formula is C18H27N3. The summed E-state index contributed by atoms with van der Waals surface area (Å²) in [6, 6.07) is 10.9. The van der Waals surface area contributed by atoms with Crippen LogP contribution < -0.4 is 4.90 Å². The van der Waals surface area contributed by atoms with Gasteiger partial charge in [0.1, 0.15) is 0 Å². The van der Waals surface area contributed by atoms with Gasteiger partial charge in [-0.1, -0.05) is 18.2 Å². The van der Waals surface area contributed by atoms with E-state index in [1.807, 2.05) is 0 Å². The molecule has 0 saturated carbocycles. The normalized spacial score (nSPS) is 26.6. The van der Waals surface area contributed by atoms with Crippen LogP contribution in [0.3, 0.4) is 0 Å². The van der Waals surface area contributed by atoms with Crippen molar-refractivity contribution in [3.05, 3.63) is 30.3 Å². The highest BCUT2D eigenvalue weighted by atomic mass is 15.3. The Kier molecular flexibility index (Phi) is 3.43. The zero-order valence-electron chi connectivity index (χ0n) is 13.2. The molecule has 0 aliphatic carbocycles. The second-order valence-corrected chi connectivity index (χ2v) is 7.61. The first-order valence-electron chi connectivity index (χ1n) is 8.43. The third-order valence-electron chi connectivity index (χ3n) is 5.65. The molecule has 3 heteroatoms.